The number of aliphatic hydroxyl groups is 1. The van der Waals surface area contributed by atoms with Crippen LogP contribution in [0.25, 0.3) is 10.8 Å². The van der Waals surface area contributed by atoms with Crippen LogP contribution in [0.3, 0.4) is 0 Å². The van der Waals surface area contributed by atoms with Gasteiger partial charge in [0.25, 0.3) is 14.7 Å². The molecule has 2 rings (SSSR count). The summed E-state index contributed by atoms with van der Waals surface area (Å²) in [5.41, 5.74) is 0.160. The number of nitrogens with zero attached hydrogens (tertiary/aromatic N) is 1. The van der Waals surface area contributed by atoms with Gasteiger partial charge in [0, 0.05) is 33.2 Å². The lowest BCUT2D eigenvalue weighted by atomic mass is 10.0. The topological polar surface area (TPSA) is 97.5 Å². The van der Waals surface area contributed by atoms with Crippen molar-refractivity contribution >= 4 is 52.1 Å². The highest BCUT2D eigenvalue weighted by Gasteiger charge is 2.25. The number of benzene rings is 2. The number of fused-ring (bicyclic) bond motifs is 1. The lowest BCUT2D eigenvalue weighted by Crippen LogP contribution is -2.01. The fraction of sp³-hybridized carbons (Fsp3) is 0.167. The first kappa shape index (κ1) is 16.2. The summed E-state index contributed by atoms with van der Waals surface area (Å²) in [5.74, 6) is 0. The van der Waals surface area contributed by atoms with E-state index in [1.165, 1.54) is 18.2 Å². The van der Waals surface area contributed by atoms with Gasteiger partial charge >= 0.3 is 0 Å². The maximum absolute atomic E-state index is 11.8. The maximum Gasteiger partial charge on any atom is 0.278 e. The van der Waals surface area contributed by atoms with E-state index < -0.39 is 14.0 Å². The standard InChI is InChI=1S/C12H9BrClNO5S/c13-12-7(4-5-16)6-10(21(14,19)20)11-8(12)2-1-3-9(11)15(17)18/h1-3,6,16H,4-5H2. The minimum Gasteiger partial charge on any atom is -0.396 e. The number of nitro benzene ring substituents is 1. The Bertz CT molecular complexity index is 837. The molecule has 0 bridgehead atoms. The second kappa shape index (κ2) is 5.88. The average Bonchev–Trinajstić information content (AvgIpc) is 2.40. The van der Waals surface area contributed by atoms with Gasteiger partial charge in [0.2, 0.25) is 0 Å². The van der Waals surface area contributed by atoms with Crippen LogP contribution < -0.4 is 0 Å². The van der Waals surface area contributed by atoms with E-state index in [1.807, 2.05) is 0 Å². The Morgan fingerprint density at radius 2 is 2.05 bits per heavy atom. The molecule has 0 saturated heterocycles. The van der Waals surface area contributed by atoms with E-state index in [-0.39, 0.29) is 29.0 Å². The molecule has 0 radical (unpaired) electrons. The number of aliphatic hydroxyl groups excluding tert-OH is 1. The third kappa shape index (κ3) is 3.03. The first-order chi connectivity index (χ1) is 9.77. The van der Waals surface area contributed by atoms with E-state index >= 15 is 0 Å². The highest BCUT2D eigenvalue weighted by molar-refractivity contribution is 9.10. The zero-order chi connectivity index (χ0) is 15.8. The van der Waals surface area contributed by atoms with E-state index in [4.69, 9.17) is 15.8 Å². The van der Waals surface area contributed by atoms with Crippen molar-refractivity contribution in [1.82, 2.24) is 0 Å². The van der Waals surface area contributed by atoms with Gasteiger partial charge in [-0.15, -0.1) is 0 Å². The summed E-state index contributed by atoms with van der Waals surface area (Å²) < 4.78 is 24.0. The molecule has 0 spiro atoms. The smallest absolute Gasteiger partial charge is 0.278 e. The van der Waals surface area contributed by atoms with E-state index in [2.05, 4.69) is 15.9 Å². The Labute approximate surface area is 133 Å². The Morgan fingerprint density at radius 3 is 2.57 bits per heavy atom. The van der Waals surface area contributed by atoms with E-state index in [1.54, 1.807) is 6.07 Å². The van der Waals surface area contributed by atoms with E-state index in [0.29, 0.717) is 15.4 Å². The number of non-ortho nitro benzene ring substituents is 1. The van der Waals surface area contributed by atoms with Crippen LogP contribution in [0.5, 0.6) is 0 Å². The monoisotopic (exact) mass is 393 g/mol. The SMILES string of the molecule is O=[N+]([O-])c1cccc2c(Br)c(CCO)cc(S(=O)(=O)Cl)c12. The van der Waals surface area contributed by atoms with Gasteiger partial charge in [0.05, 0.1) is 15.2 Å². The number of halogens is 2. The third-order valence-electron chi connectivity index (χ3n) is 2.95. The van der Waals surface area contributed by atoms with Gasteiger partial charge in [0.1, 0.15) is 0 Å². The number of hydrogen-bond donors (Lipinski definition) is 1. The summed E-state index contributed by atoms with van der Waals surface area (Å²) in [7, 11) is 1.23. The molecule has 0 atom stereocenters. The summed E-state index contributed by atoms with van der Waals surface area (Å²) in [6.45, 7) is -0.194. The van der Waals surface area contributed by atoms with Gasteiger partial charge in [0.15, 0.2) is 0 Å². The molecule has 0 aliphatic carbocycles. The van der Waals surface area contributed by atoms with Crippen molar-refractivity contribution in [2.45, 2.75) is 11.3 Å². The second-order valence-corrected chi connectivity index (χ2v) is 7.54. The number of hydrogen-bond acceptors (Lipinski definition) is 5. The molecular weight excluding hydrogens is 386 g/mol. The largest absolute Gasteiger partial charge is 0.396 e. The fourth-order valence-electron chi connectivity index (χ4n) is 2.10. The molecule has 21 heavy (non-hydrogen) atoms. The van der Waals surface area contributed by atoms with Crippen LogP contribution in [0.15, 0.2) is 33.6 Å². The molecule has 9 heteroatoms. The minimum absolute atomic E-state index is 0.0499. The molecular formula is C12H9BrClNO5S. The van der Waals surface area contributed by atoms with Crippen LogP contribution >= 0.6 is 26.6 Å². The zero-order valence-corrected chi connectivity index (χ0v) is 13.6. The Hall–Kier alpha value is -1.22. The van der Waals surface area contributed by atoms with Crippen LogP contribution in [0, 0.1) is 10.1 Å². The van der Waals surface area contributed by atoms with Crippen LogP contribution in [0.4, 0.5) is 5.69 Å². The summed E-state index contributed by atoms with van der Waals surface area (Å²) in [5, 5.41) is 20.5. The summed E-state index contributed by atoms with van der Waals surface area (Å²) >= 11 is 3.30. The summed E-state index contributed by atoms with van der Waals surface area (Å²) in [6, 6.07) is 5.47. The molecule has 0 amide bonds. The molecule has 0 fully saturated rings. The summed E-state index contributed by atoms with van der Waals surface area (Å²) in [6.07, 6.45) is 0.193. The van der Waals surface area contributed by atoms with Crippen LogP contribution in [-0.4, -0.2) is 25.1 Å². The van der Waals surface area contributed by atoms with Gasteiger partial charge in [-0.05, 0) is 34.0 Å². The van der Waals surface area contributed by atoms with Gasteiger partial charge in [-0.3, -0.25) is 10.1 Å². The van der Waals surface area contributed by atoms with E-state index in [9.17, 15) is 18.5 Å². The molecule has 2 aromatic rings. The van der Waals surface area contributed by atoms with Crippen molar-refractivity contribution in [3.63, 3.8) is 0 Å². The normalized spacial score (nSPS) is 11.8. The predicted octanol–water partition coefficient (Wildman–Crippen LogP) is 2.97. The quantitative estimate of drug-likeness (QED) is 0.488. The molecule has 112 valence electrons. The van der Waals surface area contributed by atoms with E-state index in [0.717, 1.165) is 0 Å². The minimum atomic E-state index is -4.18. The lowest BCUT2D eigenvalue weighted by molar-refractivity contribution is -0.383. The fourth-order valence-corrected chi connectivity index (χ4v) is 3.85. The maximum atomic E-state index is 11.8. The van der Waals surface area contributed by atoms with Crippen LogP contribution in [-0.2, 0) is 15.5 Å². The van der Waals surface area contributed by atoms with Crippen molar-refractivity contribution in [2.75, 3.05) is 6.61 Å². The molecule has 6 nitrogen and oxygen atoms in total. The zero-order valence-electron chi connectivity index (χ0n) is 10.4. The van der Waals surface area contributed by atoms with Crippen molar-refractivity contribution in [1.29, 1.82) is 0 Å². The first-order valence-corrected chi connectivity index (χ1v) is 8.81. The lowest BCUT2D eigenvalue weighted by Gasteiger charge is -2.11. The molecule has 0 saturated carbocycles. The molecule has 0 heterocycles. The Morgan fingerprint density at radius 1 is 1.38 bits per heavy atom. The predicted molar refractivity (Wildman–Crippen MR) is 82.1 cm³/mol. The van der Waals surface area contributed by atoms with Gasteiger partial charge in [-0.25, -0.2) is 8.42 Å². The second-order valence-electron chi connectivity index (χ2n) is 4.22. The average molecular weight is 395 g/mol. The van der Waals surface area contributed by atoms with Crippen LogP contribution in [0.2, 0.25) is 0 Å². The highest BCUT2D eigenvalue weighted by Crippen LogP contribution is 2.39. The first-order valence-electron chi connectivity index (χ1n) is 5.71. The molecule has 0 aliphatic rings. The Kier molecular flexibility index (Phi) is 4.52. The van der Waals surface area contributed by atoms with Gasteiger partial charge in [-0.2, -0.15) is 0 Å². The number of rotatable bonds is 4. The van der Waals surface area contributed by atoms with Crippen molar-refractivity contribution in [3.05, 3.63) is 44.4 Å². The molecule has 0 aromatic heterocycles. The highest BCUT2D eigenvalue weighted by atomic mass is 79.9. The van der Waals surface area contributed by atoms with Crippen molar-refractivity contribution < 1.29 is 18.4 Å². The van der Waals surface area contributed by atoms with Gasteiger partial charge < -0.3 is 5.11 Å². The Balaban J connectivity index is 3.03. The van der Waals surface area contributed by atoms with Crippen molar-refractivity contribution in [3.8, 4) is 0 Å². The summed E-state index contributed by atoms with van der Waals surface area (Å²) in [4.78, 5) is 10.1. The molecule has 1 N–H and O–H groups in total. The molecule has 2 aromatic carbocycles. The number of nitro groups is 1. The third-order valence-corrected chi connectivity index (χ3v) is 5.24. The molecule has 0 aliphatic heterocycles. The van der Waals surface area contributed by atoms with Gasteiger partial charge in [-0.1, -0.05) is 12.1 Å². The van der Waals surface area contributed by atoms with Crippen LogP contribution in [0.1, 0.15) is 5.56 Å². The molecule has 0 unspecified atom stereocenters. The van der Waals surface area contributed by atoms with Crippen molar-refractivity contribution in [2.24, 2.45) is 0 Å².